The molecular formula is C21H16N2O4. The van der Waals surface area contributed by atoms with Gasteiger partial charge >= 0.3 is 5.97 Å². The summed E-state index contributed by atoms with van der Waals surface area (Å²) in [6.45, 7) is 1.69. The minimum absolute atomic E-state index is 0.357. The first-order valence-corrected chi connectivity index (χ1v) is 8.16. The van der Waals surface area contributed by atoms with Crippen molar-refractivity contribution in [3.63, 3.8) is 0 Å². The van der Waals surface area contributed by atoms with Crippen molar-refractivity contribution in [3.05, 3.63) is 78.1 Å². The van der Waals surface area contributed by atoms with Crippen LogP contribution in [0.4, 0.5) is 0 Å². The van der Waals surface area contributed by atoms with Crippen LogP contribution in [0.25, 0.3) is 0 Å². The molecule has 6 heteroatoms. The lowest BCUT2D eigenvalue weighted by atomic mass is 10.2. The molecule has 0 atom stereocenters. The number of benzene rings is 2. The maximum atomic E-state index is 11.0. The third-order valence-corrected chi connectivity index (χ3v) is 3.51. The highest BCUT2D eigenvalue weighted by Gasteiger charge is 2.08. The van der Waals surface area contributed by atoms with Crippen molar-refractivity contribution in [2.45, 2.75) is 13.5 Å². The maximum absolute atomic E-state index is 11.0. The number of pyridine rings is 1. The summed E-state index contributed by atoms with van der Waals surface area (Å²) >= 11 is 0. The van der Waals surface area contributed by atoms with Crippen LogP contribution >= 0.6 is 0 Å². The first-order chi connectivity index (χ1) is 13.1. The summed E-state index contributed by atoms with van der Waals surface area (Å²) in [6, 6.07) is 17.4. The summed E-state index contributed by atoms with van der Waals surface area (Å²) in [6.07, 6.45) is 3.43. The lowest BCUT2D eigenvalue weighted by Crippen LogP contribution is -2.01. The highest BCUT2D eigenvalue weighted by molar-refractivity contribution is 5.69. The Morgan fingerprint density at radius 1 is 1.07 bits per heavy atom. The molecule has 0 N–H and O–H groups in total. The first-order valence-electron chi connectivity index (χ1n) is 8.16. The number of aromatic nitrogens is 1. The number of carbonyl (C=O) groups is 1. The van der Waals surface area contributed by atoms with E-state index in [0.717, 1.165) is 5.56 Å². The summed E-state index contributed by atoms with van der Waals surface area (Å²) in [7, 11) is 0. The fourth-order valence-electron chi connectivity index (χ4n) is 2.29. The Labute approximate surface area is 156 Å². The molecule has 0 aliphatic carbocycles. The average Bonchev–Trinajstić information content (AvgIpc) is 2.68. The fraction of sp³-hybridized carbons (Fsp3) is 0.0952. The molecule has 0 radical (unpaired) electrons. The summed E-state index contributed by atoms with van der Waals surface area (Å²) in [5, 5.41) is 9.30. The Kier molecular flexibility index (Phi) is 5.65. The summed E-state index contributed by atoms with van der Waals surface area (Å²) in [5.74, 6) is 1.48. The Bertz CT molecular complexity index is 964. The van der Waals surface area contributed by atoms with Crippen LogP contribution in [0.3, 0.4) is 0 Å². The Morgan fingerprint density at radius 3 is 2.48 bits per heavy atom. The number of nitrogens with zero attached hydrogens (tertiary/aromatic N) is 2. The maximum Gasteiger partial charge on any atom is 0.308 e. The fourth-order valence-corrected chi connectivity index (χ4v) is 2.29. The lowest BCUT2D eigenvalue weighted by Gasteiger charge is -2.11. The van der Waals surface area contributed by atoms with Gasteiger partial charge in [-0.3, -0.25) is 9.78 Å². The molecular weight excluding hydrogens is 344 g/mol. The number of hydrogen-bond acceptors (Lipinski definition) is 6. The molecule has 0 fully saturated rings. The molecule has 3 rings (SSSR count). The molecule has 6 nitrogen and oxygen atoms in total. The van der Waals surface area contributed by atoms with Gasteiger partial charge < -0.3 is 14.2 Å². The number of nitriles is 1. The summed E-state index contributed by atoms with van der Waals surface area (Å²) in [5.41, 5.74) is 1.32. The SMILES string of the molecule is CC(=O)Oc1ccc(Oc2cc(OCc3cccnc3)ccc2C#N)cc1. The minimum atomic E-state index is -0.395. The highest BCUT2D eigenvalue weighted by atomic mass is 16.5. The van der Waals surface area contributed by atoms with E-state index < -0.39 is 5.97 Å². The third-order valence-electron chi connectivity index (χ3n) is 3.51. The predicted molar refractivity (Wildman–Crippen MR) is 97.6 cm³/mol. The highest BCUT2D eigenvalue weighted by Crippen LogP contribution is 2.30. The first kappa shape index (κ1) is 18.0. The third kappa shape index (κ3) is 5.06. The van der Waals surface area contributed by atoms with Crippen LogP contribution in [0.2, 0.25) is 0 Å². The average molecular weight is 360 g/mol. The van der Waals surface area contributed by atoms with Crippen molar-refractivity contribution in [1.29, 1.82) is 5.26 Å². The van der Waals surface area contributed by atoms with Crippen molar-refractivity contribution in [3.8, 4) is 29.1 Å². The van der Waals surface area contributed by atoms with E-state index in [0.29, 0.717) is 35.2 Å². The second-order valence-corrected chi connectivity index (χ2v) is 5.59. The van der Waals surface area contributed by atoms with Crippen LogP contribution in [0.5, 0.6) is 23.0 Å². The van der Waals surface area contributed by atoms with Gasteiger partial charge in [0.1, 0.15) is 35.7 Å². The monoisotopic (exact) mass is 360 g/mol. The molecule has 0 bridgehead atoms. The summed E-state index contributed by atoms with van der Waals surface area (Å²) in [4.78, 5) is 15.0. The molecule has 0 saturated carbocycles. The van der Waals surface area contributed by atoms with Gasteiger partial charge in [-0.2, -0.15) is 5.26 Å². The van der Waals surface area contributed by atoms with Crippen LogP contribution < -0.4 is 14.2 Å². The number of hydrogen-bond donors (Lipinski definition) is 0. The molecule has 1 aromatic heterocycles. The van der Waals surface area contributed by atoms with Crippen LogP contribution in [-0.4, -0.2) is 11.0 Å². The zero-order chi connectivity index (χ0) is 19.1. The van der Waals surface area contributed by atoms with E-state index in [1.165, 1.54) is 6.92 Å². The standard InChI is InChI=1S/C21H16N2O4/c1-15(24)26-18-6-8-19(9-7-18)27-21-11-20(5-4-17(21)12-22)25-14-16-3-2-10-23-13-16/h2-11,13H,14H2,1H3. The van der Waals surface area contributed by atoms with Gasteiger partial charge in [0.2, 0.25) is 0 Å². The molecule has 2 aromatic carbocycles. The second-order valence-electron chi connectivity index (χ2n) is 5.59. The van der Waals surface area contributed by atoms with Gasteiger partial charge in [0.15, 0.2) is 0 Å². The van der Waals surface area contributed by atoms with E-state index in [1.807, 2.05) is 12.1 Å². The van der Waals surface area contributed by atoms with Gasteiger partial charge in [0, 0.05) is 30.9 Å². The zero-order valence-corrected chi connectivity index (χ0v) is 14.6. The molecule has 0 amide bonds. The molecule has 0 spiro atoms. The van der Waals surface area contributed by atoms with Crippen molar-refractivity contribution >= 4 is 5.97 Å². The van der Waals surface area contributed by atoms with E-state index in [9.17, 15) is 10.1 Å². The lowest BCUT2D eigenvalue weighted by molar-refractivity contribution is -0.131. The number of rotatable bonds is 6. The van der Waals surface area contributed by atoms with Gasteiger partial charge in [0.05, 0.1) is 5.56 Å². The smallest absolute Gasteiger partial charge is 0.308 e. The van der Waals surface area contributed by atoms with E-state index in [2.05, 4.69) is 11.1 Å². The van der Waals surface area contributed by atoms with Crippen molar-refractivity contribution in [2.75, 3.05) is 0 Å². The molecule has 134 valence electrons. The van der Waals surface area contributed by atoms with E-state index in [4.69, 9.17) is 14.2 Å². The van der Waals surface area contributed by atoms with Gasteiger partial charge in [-0.1, -0.05) is 6.07 Å². The molecule has 1 heterocycles. The van der Waals surface area contributed by atoms with E-state index in [-0.39, 0.29) is 0 Å². The summed E-state index contributed by atoms with van der Waals surface area (Å²) < 4.78 is 16.5. The molecule has 0 aliphatic heterocycles. The number of esters is 1. The second kappa shape index (κ2) is 8.50. The van der Waals surface area contributed by atoms with Crippen LogP contribution in [-0.2, 0) is 11.4 Å². The normalized spacial score (nSPS) is 9.93. The van der Waals surface area contributed by atoms with E-state index >= 15 is 0 Å². The van der Waals surface area contributed by atoms with Gasteiger partial charge in [-0.05, 0) is 42.5 Å². The topological polar surface area (TPSA) is 81.4 Å². The molecule has 27 heavy (non-hydrogen) atoms. The zero-order valence-electron chi connectivity index (χ0n) is 14.6. The van der Waals surface area contributed by atoms with Crippen LogP contribution in [0, 0.1) is 11.3 Å². The Hall–Kier alpha value is -3.85. The molecule has 3 aromatic rings. The largest absolute Gasteiger partial charge is 0.489 e. The van der Waals surface area contributed by atoms with Crippen molar-refractivity contribution in [1.82, 2.24) is 4.98 Å². The number of carbonyl (C=O) groups excluding carboxylic acids is 1. The molecule has 0 aliphatic rings. The Balaban J connectivity index is 1.73. The number of ether oxygens (including phenoxy) is 3. The van der Waals surface area contributed by atoms with Crippen LogP contribution in [0.1, 0.15) is 18.1 Å². The van der Waals surface area contributed by atoms with Crippen molar-refractivity contribution in [2.24, 2.45) is 0 Å². The van der Waals surface area contributed by atoms with Gasteiger partial charge in [-0.15, -0.1) is 0 Å². The minimum Gasteiger partial charge on any atom is -0.489 e. The van der Waals surface area contributed by atoms with Crippen molar-refractivity contribution < 1.29 is 19.0 Å². The molecule has 0 saturated heterocycles. The van der Waals surface area contributed by atoms with Gasteiger partial charge in [0.25, 0.3) is 0 Å². The van der Waals surface area contributed by atoms with Crippen LogP contribution in [0.15, 0.2) is 67.0 Å². The molecule has 0 unspecified atom stereocenters. The predicted octanol–water partition coefficient (Wildman–Crippen LogP) is 4.25. The van der Waals surface area contributed by atoms with E-state index in [1.54, 1.807) is 54.9 Å². The van der Waals surface area contributed by atoms with Gasteiger partial charge in [-0.25, -0.2) is 0 Å². The Morgan fingerprint density at radius 2 is 1.81 bits per heavy atom. The quantitative estimate of drug-likeness (QED) is 0.483.